The third-order valence-corrected chi connectivity index (χ3v) is 1.51. The number of aryl methyl sites for hydroxylation is 2. The number of rotatable bonds is 1. The fourth-order valence-electron chi connectivity index (χ4n) is 0.921. The van der Waals surface area contributed by atoms with Gasteiger partial charge < -0.3 is 0 Å². The third kappa shape index (κ3) is 5.31. The average molecular weight is 191 g/mol. The lowest BCUT2D eigenvalue weighted by Gasteiger charge is -1.98. The van der Waals surface area contributed by atoms with E-state index in [2.05, 4.69) is 37.7 Å². The molecule has 0 aliphatic rings. The van der Waals surface area contributed by atoms with Crippen LogP contribution in [0.1, 0.15) is 30.7 Å². The molecular weight excluding hydrogens is 170 g/mol. The van der Waals surface area contributed by atoms with Gasteiger partial charge in [-0.3, -0.25) is 4.98 Å². The SMILES string of the molecule is C=C.C=Cc1cnc(C)cc1C.CC. The average Bonchev–Trinajstić information content (AvgIpc) is 2.24. The first-order valence-corrected chi connectivity index (χ1v) is 4.79. The Hall–Kier alpha value is -1.37. The molecule has 78 valence electrons. The summed E-state index contributed by atoms with van der Waals surface area (Å²) in [6, 6.07) is 2.05. The highest BCUT2D eigenvalue weighted by Gasteiger charge is 1.92. The Labute approximate surface area is 88.2 Å². The van der Waals surface area contributed by atoms with Gasteiger partial charge in [-0.2, -0.15) is 0 Å². The van der Waals surface area contributed by atoms with Gasteiger partial charge in [-0.05, 0) is 31.0 Å². The van der Waals surface area contributed by atoms with E-state index in [1.165, 1.54) is 5.56 Å². The van der Waals surface area contributed by atoms with Crippen molar-refractivity contribution in [3.8, 4) is 0 Å². The van der Waals surface area contributed by atoms with Gasteiger partial charge in [0.25, 0.3) is 0 Å². The maximum Gasteiger partial charge on any atom is 0.0375 e. The number of aromatic nitrogens is 1. The van der Waals surface area contributed by atoms with E-state index in [1.54, 1.807) is 0 Å². The lowest BCUT2D eigenvalue weighted by Crippen LogP contribution is -1.85. The Morgan fingerprint density at radius 1 is 1.21 bits per heavy atom. The van der Waals surface area contributed by atoms with Crippen LogP contribution in [0.25, 0.3) is 6.08 Å². The monoisotopic (exact) mass is 191 g/mol. The van der Waals surface area contributed by atoms with E-state index in [-0.39, 0.29) is 0 Å². The summed E-state index contributed by atoms with van der Waals surface area (Å²) in [5, 5.41) is 0. The van der Waals surface area contributed by atoms with Crippen molar-refractivity contribution in [1.82, 2.24) is 4.98 Å². The number of hydrogen-bond donors (Lipinski definition) is 0. The van der Waals surface area contributed by atoms with Crippen LogP contribution in [0.15, 0.2) is 32.0 Å². The van der Waals surface area contributed by atoms with Crippen LogP contribution in [0.5, 0.6) is 0 Å². The molecule has 0 unspecified atom stereocenters. The van der Waals surface area contributed by atoms with Gasteiger partial charge in [-0.15, -0.1) is 13.2 Å². The summed E-state index contributed by atoms with van der Waals surface area (Å²) < 4.78 is 0. The zero-order valence-corrected chi connectivity index (χ0v) is 9.80. The van der Waals surface area contributed by atoms with Crippen LogP contribution < -0.4 is 0 Å². The van der Waals surface area contributed by atoms with Crippen LogP contribution in [0.4, 0.5) is 0 Å². The molecule has 0 amide bonds. The summed E-state index contributed by atoms with van der Waals surface area (Å²) in [5.41, 5.74) is 3.41. The van der Waals surface area contributed by atoms with Gasteiger partial charge in [0.2, 0.25) is 0 Å². The third-order valence-electron chi connectivity index (χ3n) is 1.51. The Morgan fingerprint density at radius 3 is 2.07 bits per heavy atom. The second kappa shape index (κ2) is 9.72. The second-order valence-corrected chi connectivity index (χ2v) is 2.39. The van der Waals surface area contributed by atoms with Crippen molar-refractivity contribution in [3.63, 3.8) is 0 Å². The Morgan fingerprint density at radius 2 is 1.71 bits per heavy atom. The van der Waals surface area contributed by atoms with Crippen molar-refractivity contribution < 1.29 is 0 Å². The molecule has 1 aromatic rings. The topological polar surface area (TPSA) is 12.9 Å². The number of nitrogens with zero attached hydrogens (tertiary/aromatic N) is 1. The Kier molecular flexibility index (Phi) is 10.5. The van der Waals surface area contributed by atoms with Gasteiger partial charge in [0.05, 0.1) is 0 Å². The minimum atomic E-state index is 1.06. The molecule has 0 aromatic carbocycles. The molecule has 0 saturated carbocycles. The number of hydrogen-bond acceptors (Lipinski definition) is 1. The van der Waals surface area contributed by atoms with Gasteiger partial charge >= 0.3 is 0 Å². The van der Waals surface area contributed by atoms with Gasteiger partial charge in [0.15, 0.2) is 0 Å². The molecule has 0 fully saturated rings. The molecule has 1 heteroatoms. The van der Waals surface area contributed by atoms with Crippen molar-refractivity contribution in [3.05, 3.63) is 48.8 Å². The molecule has 0 saturated heterocycles. The first kappa shape index (κ1) is 15.1. The van der Waals surface area contributed by atoms with Crippen molar-refractivity contribution in [2.45, 2.75) is 27.7 Å². The highest BCUT2D eigenvalue weighted by molar-refractivity contribution is 5.50. The van der Waals surface area contributed by atoms with E-state index in [0.29, 0.717) is 0 Å². The zero-order valence-electron chi connectivity index (χ0n) is 9.80. The zero-order chi connectivity index (χ0) is 11.6. The molecule has 0 N–H and O–H groups in total. The van der Waals surface area contributed by atoms with Crippen LogP contribution in [0, 0.1) is 13.8 Å². The summed E-state index contributed by atoms with van der Waals surface area (Å²) >= 11 is 0. The van der Waals surface area contributed by atoms with Gasteiger partial charge in [0.1, 0.15) is 0 Å². The van der Waals surface area contributed by atoms with Crippen molar-refractivity contribution >= 4 is 6.08 Å². The highest BCUT2D eigenvalue weighted by Crippen LogP contribution is 2.07. The summed E-state index contributed by atoms with van der Waals surface area (Å²) in [6.07, 6.45) is 3.67. The maximum atomic E-state index is 4.14. The van der Waals surface area contributed by atoms with Crippen LogP contribution in [-0.4, -0.2) is 4.98 Å². The van der Waals surface area contributed by atoms with Crippen molar-refractivity contribution in [2.75, 3.05) is 0 Å². The molecule has 1 nitrogen and oxygen atoms in total. The molecular formula is C13H21N. The normalized spacial score (nSPS) is 7.43. The second-order valence-electron chi connectivity index (χ2n) is 2.39. The smallest absolute Gasteiger partial charge is 0.0375 e. The molecule has 0 radical (unpaired) electrons. The van der Waals surface area contributed by atoms with Crippen LogP contribution >= 0.6 is 0 Å². The molecule has 0 bridgehead atoms. The van der Waals surface area contributed by atoms with E-state index < -0.39 is 0 Å². The fraction of sp³-hybridized carbons (Fsp3) is 0.308. The predicted molar refractivity (Wildman–Crippen MR) is 66.4 cm³/mol. The molecule has 14 heavy (non-hydrogen) atoms. The molecule has 1 heterocycles. The largest absolute Gasteiger partial charge is 0.261 e. The lowest BCUT2D eigenvalue weighted by atomic mass is 10.1. The van der Waals surface area contributed by atoms with Gasteiger partial charge in [-0.25, -0.2) is 0 Å². The summed E-state index contributed by atoms with van der Waals surface area (Å²) in [6.45, 7) is 17.7. The molecule has 0 atom stereocenters. The standard InChI is InChI=1S/C9H11N.C2H6.C2H4/c1-4-9-6-10-8(3)5-7(9)2;2*1-2/h4-6H,1H2,2-3H3;1-2H3;1-2H2. The van der Waals surface area contributed by atoms with E-state index >= 15 is 0 Å². The lowest BCUT2D eigenvalue weighted by molar-refractivity contribution is 1.17. The minimum absolute atomic E-state index is 1.06. The maximum absolute atomic E-state index is 4.14. The Bertz CT molecular complexity index is 264. The first-order valence-electron chi connectivity index (χ1n) is 4.79. The van der Waals surface area contributed by atoms with Gasteiger partial charge in [-0.1, -0.05) is 26.5 Å². The number of pyridine rings is 1. The molecule has 1 aromatic heterocycles. The summed E-state index contributed by atoms with van der Waals surface area (Å²) in [4.78, 5) is 4.14. The Balaban J connectivity index is 0. The van der Waals surface area contributed by atoms with Crippen LogP contribution in [0.2, 0.25) is 0 Å². The van der Waals surface area contributed by atoms with E-state index in [9.17, 15) is 0 Å². The summed E-state index contributed by atoms with van der Waals surface area (Å²) in [5.74, 6) is 0. The molecule has 0 spiro atoms. The van der Waals surface area contributed by atoms with Crippen LogP contribution in [-0.2, 0) is 0 Å². The first-order chi connectivity index (χ1) is 6.74. The molecule has 1 rings (SSSR count). The molecule has 0 aliphatic heterocycles. The van der Waals surface area contributed by atoms with E-state index in [0.717, 1.165) is 11.3 Å². The molecule has 0 aliphatic carbocycles. The summed E-state index contributed by atoms with van der Waals surface area (Å²) in [7, 11) is 0. The predicted octanol–water partition coefficient (Wildman–Crippen LogP) is 4.17. The van der Waals surface area contributed by atoms with Crippen molar-refractivity contribution in [1.29, 1.82) is 0 Å². The van der Waals surface area contributed by atoms with Gasteiger partial charge in [0, 0.05) is 11.9 Å². The fourth-order valence-corrected chi connectivity index (χ4v) is 0.921. The van der Waals surface area contributed by atoms with Crippen molar-refractivity contribution in [2.24, 2.45) is 0 Å². The minimum Gasteiger partial charge on any atom is -0.261 e. The van der Waals surface area contributed by atoms with E-state index in [1.807, 2.05) is 33.0 Å². The quantitative estimate of drug-likeness (QED) is 0.607. The van der Waals surface area contributed by atoms with E-state index in [4.69, 9.17) is 0 Å². The van der Waals surface area contributed by atoms with Crippen LogP contribution in [0.3, 0.4) is 0 Å². The highest BCUT2D eigenvalue weighted by atomic mass is 14.7.